The van der Waals surface area contributed by atoms with Gasteiger partial charge >= 0.3 is 0 Å². The summed E-state index contributed by atoms with van der Waals surface area (Å²) < 4.78 is 0. The molecule has 0 aliphatic carbocycles. The summed E-state index contributed by atoms with van der Waals surface area (Å²) in [5, 5.41) is 0. The fourth-order valence-corrected chi connectivity index (χ4v) is 3.26. The number of anilines is 1. The fraction of sp³-hybridized carbons (Fsp3) is 0.364. The van der Waals surface area contributed by atoms with E-state index in [-0.39, 0.29) is 11.8 Å². The Hall–Kier alpha value is -2.66. The smallest absolute Gasteiger partial charge is 0.254 e. The van der Waals surface area contributed by atoms with Crippen molar-refractivity contribution >= 4 is 17.5 Å². The molecule has 0 unspecified atom stereocenters. The molecule has 0 N–H and O–H groups in total. The molecule has 3 rings (SSSR count). The van der Waals surface area contributed by atoms with E-state index in [0.29, 0.717) is 25.1 Å². The van der Waals surface area contributed by atoms with Crippen molar-refractivity contribution in [3.05, 3.63) is 65.7 Å². The van der Waals surface area contributed by atoms with E-state index in [2.05, 4.69) is 4.90 Å². The van der Waals surface area contributed by atoms with Gasteiger partial charge in [-0.2, -0.15) is 0 Å². The number of carbonyl (C=O) groups is 2. The second-order valence-electron chi connectivity index (χ2n) is 7.21. The van der Waals surface area contributed by atoms with Crippen LogP contribution in [-0.4, -0.2) is 55.3 Å². The van der Waals surface area contributed by atoms with Crippen LogP contribution in [0.25, 0.3) is 0 Å². The molecule has 1 aliphatic rings. The molecule has 0 atom stereocenters. The van der Waals surface area contributed by atoms with E-state index in [1.54, 1.807) is 4.90 Å². The van der Waals surface area contributed by atoms with Gasteiger partial charge in [-0.1, -0.05) is 30.3 Å². The van der Waals surface area contributed by atoms with Crippen LogP contribution in [0.2, 0.25) is 0 Å². The summed E-state index contributed by atoms with van der Waals surface area (Å²) in [4.78, 5) is 30.7. The minimum atomic E-state index is 0.0139. The second kappa shape index (κ2) is 8.82. The zero-order valence-electron chi connectivity index (χ0n) is 16.1. The van der Waals surface area contributed by atoms with Crippen molar-refractivity contribution in [1.29, 1.82) is 0 Å². The van der Waals surface area contributed by atoms with Crippen molar-refractivity contribution in [3.63, 3.8) is 0 Å². The second-order valence-corrected chi connectivity index (χ2v) is 7.21. The molecule has 1 fully saturated rings. The lowest BCUT2D eigenvalue weighted by Gasteiger charge is -2.25. The van der Waals surface area contributed by atoms with Crippen LogP contribution < -0.4 is 4.90 Å². The molecule has 2 aromatic carbocycles. The van der Waals surface area contributed by atoms with Gasteiger partial charge in [0.05, 0.1) is 0 Å². The fourth-order valence-electron chi connectivity index (χ4n) is 3.26. The van der Waals surface area contributed by atoms with E-state index in [1.165, 1.54) is 0 Å². The zero-order valence-corrected chi connectivity index (χ0v) is 16.1. The predicted octanol–water partition coefficient (Wildman–Crippen LogP) is 3.02. The van der Waals surface area contributed by atoms with Gasteiger partial charge in [0.1, 0.15) is 0 Å². The number of carbonyl (C=O) groups excluding carboxylic acids is 2. The van der Waals surface area contributed by atoms with Crippen LogP contribution in [0.5, 0.6) is 0 Å². The number of rotatable bonds is 7. The molecule has 0 bridgehead atoms. The van der Waals surface area contributed by atoms with Gasteiger partial charge in [-0.15, -0.1) is 0 Å². The molecule has 142 valence electrons. The van der Waals surface area contributed by atoms with Crippen LogP contribution in [0.3, 0.4) is 0 Å². The van der Waals surface area contributed by atoms with Gasteiger partial charge in [-0.05, 0) is 50.3 Å². The number of hydrogen-bond acceptors (Lipinski definition) is 3. The molecule has 2 amide bonds. The molecule has 0 spiro atoms. The van der Waals surface area contributed by atoms with Crippen LogP contribution in [0.15, 0.2) is 54.6 Å². The standard InChI is InChI=1S/C22H27N3O2/c1-23(2)15-16-24(17-18-7-4-3-5-8-18)22(27)19-10-12-20(13-11-19)25-14-6-9-21(25)26/h3-5,7-8,10-13H,6,9,14-17H2,1-2H3. The highest BCUT2D eigenvalue weighted by molar-refractivity contribution is 5.97. The number of likely N-dealkylation sites (N-methyl/N-ethyl adjacent to an activating group) is 1. The highest BCUT2D eigenvalue weighted by Crippen LogP contribution is 2.22. The van der Waals surface area contributed by atoms with E-state index in [9.17, 15) is 9.59 Å². The number of hydrogen-bond donors (Lipinski definition) is 0. The van der Waals surface area contributed by atoms with E-state index < -0.39 is 0 Å². The topological polar surface area (TPSA) is 43.9 Å². The summed E-state index contributed by atoms with van der Waals surface area (Å²) in [6, 6.07) is 17.5. The van der Waals surface area contributed by atoms with Crippen molar-refractivity contribution in [2.45, 2.75) is 19.4 Å². The van der Waals surface area contributed by atoms with Gasteiger partial charge in [-0.3, -0.25) is 9.59 Å². The minimum absolute atomic E-state index is 0.0139. The lowest BCUT2D eigenvalue weighted by atomic mass is 10.1. The number of nitrogens with zero attached hydrogens (tertiary/aromatic N) is 3. The third-order valence-corrected chi connectivity index (χ3v) is 4.82. The lowest BCUT2D eigenvalue weighted by Crippen LogP contribution is -2.36. The Labute approximate surface area is 161 Å². The summed E-state index contributed by atoms with van der Waals surface area (Å²) in [6.07, 6.45) is 1.50. The quantitative estimate of drug-likeness (QED) is 0.758. The van der Waals surface area contributed by atoms with Crippen molar-refractivity contribution in [3.8, 4) is 0 Å². The summed E-state index contributed by atoms with van der Waals surface area (Å²) in [5.74, 6) is 0.172. The average molecular weight is 365 g/mol. The third-order valence-electron chi connectivity index (χ3n) is 4.82. The maximum Gasteiger partial charge on any atom is 0.254 e. The first-order valence-electron chi connectivity index (χ1n) is 9.43. The van der Waals surface area contributed by atoms with Gasteiger partial charge in [0, 0.05) is 43.9 Å². The van der Waals surface area contributed by atoms with Crippen LogP contribution in [0.4, 0.5) is 5.69 Å². The molecule has 1 saturated heterocycles. The van der Waals surface area contributed by atoms with E-state index in [0.717, 1.165) is 30.8 Å². The Balaban J connectivity index is 1.74. The summed E-state index contributed by atoms with van der Waals surface area (Å²) in [5.41, 5.74) is 2.64. The van der Waals surface area contributed by atoms with Gasteiger partial charge in [-0.25, -0.2) is 0 Å². The highest BCUT2D eigenvalue weighted by atomic mass is 16.2. The highest BCUT2D eigenvalue weighted by Gasteiger charge is 2.22. The lowest BCUT2D eigenvalue weighted by molar-refractivity contribution is -0.117. The van der Waals surface area contributed by atoms with Crippen LogP contribution in [0, 0.1) is 0 Å². The van der Waals surface area contributed by atoms with Crippen LogP contribution in [0.1, 0.15) is 28.8 Å². The molecule has 1 heterocycles. The summed E-state index contributed by atoms with van der Waals surface area (Å²) in [7, 11) is 4.01. The average Bonchev–Trinajstić information content (AvgIpc) is 3.11. The Morgan fingerprint density at radius 1 is 1.00 bits per heavy atom. The summed E-state index contributed by atoms with van der Waals surface area (Å²) >= 11 is 0. The maximum absolute atomic E-state index is 13.1. The molecule has 0 saturated carbocycles. The molecule has 27 heavy (non-hydrogen) atoms. The van der Waals surface area contributed by atoms with Gasteiger partial charge in [0.2, 0.25) is 5.91 Å². The van der Waals surface area contributed by atoms with Crippen molar-refractivity contribution in [2.75, 3.05) is 38.6 Å². The SMILES string of the molecule is CN(C)CCN(Cc1ccccc1)C(=O)c1ccc(N2CCCC2=O)cc1. The molecule has 5 heteroatoms. The largest absolute Gasteiger partial charge is 0.333 e. The van der Waals surface area contributed by atoms with Gasteiger partial charge in [0.25, 0.3) is 5.91 Å². The third kappa shape index (κ3) is 4.95. The Kier molecular flexibility index (Phi) is 6.24. The molecule has 2 aromatic rings. The summed E-state index contributed by atoms with van der Waals surface area (Å²) in [6.45, 7) is 2.81. The van der Waals surface area contributed by atoms with E-state index in [1.807, 2.05) is 73.6 Å². The van der Waals surface area contributed by atoms with Crippen LogP contribution >= 0.6 is 0 Å². The number of benzene rings is 2. The molecule has 0 aromatic heterocycles. The molecule has 0 radical (unpaired) electrons. The van der Waals surface area contributed by atoms with Gasteiger partial charge in [0.15, 0.2) is 0 Å². The van der Waals surface area contributed by atoms with E-state index in [4.69, 9.17) is 0 Å². The van der Waals surface area contributed by atoms with E-state index >= 15 is 0 Å². The van der Waals surface area contributed by atoms with Gasteiger partial charge < -0.3 is 14.7 Å². The Morgan fingerprint density at radius 2 is 1.70 bits per heavy atom. The van der Waals surface area contributed by atoms with Crippen molar-refractivity contribution in [1.82, 2.24) is 9.80 Å². The maximum atomic E-state index is 13.1. The monoisotopic (exact) mass is 365 g/mol. The molecule has 5 nitrogen and oxygen atoms in total. The molecular formula is C22H27N3O2. The minimum Gasteiger partial charge on any atom is -0.333 e. The van der Waals surface area contributed by atoms with Crippen molar-refractivity contribution < 1.29 is 9.59 Å². The first-order chi connectivity index (χ1) is 13.0. The first kappa shape index (κ1) is 19.1. The first-order valence-corrected chi connectivity index (χ1v) is 9.43. The Bertz CT molecular complexity index is 772. The normalized spacial score (nSPS) is 14.0. The predicted molar refractivity (Wildman–Crippen MR) is 108 cm³/mol. The molecule has 1 aliphatic heterocycles. The van der Waals surface area contributed by atoms with Crippen LogP contribution in [-0.2, 0) is 11.3 Å². The molecular weight excluding hydrogens is 338 g/mol. The number of amides is 2. The van der Waals surface area contributed by atoms with Crippen molar-refractivity contribution in [2.24, 2.45) is 0 Å². The Morgan fingerprint density at radius 3 is 2.30 bits per heavy atom. The zero-order chi connectivity index (χ0) is 19.2.